The van der Waals surface area contributed by atoms with E-state index in [1.54, 1.807) is 0 Å². The summed E-state index contributed by atoms with van der Waals surface area (Å²) in [6.07, 6.45) is 1.32. The molecule has 0 heterocycles. The van der Waals surface area contributed by atoms with E-state index in [0.717, 1.165) is 11.6 Å². The maximum atomic E-state index is 5.61. The molecule has 1 aliphatic rings. The van der Waals surface area contributed by atoms with Crippen molar-refractivity contribution >= 4 is 5.69 Å². The number of hydrogen-bond acceptors (Lipinski definition) is 1. The van der Waals surface area contributed by atoms with Crippen LogP contribution < -0.4 is 5.73 Å². The minimum absolute atomic E-state index is 0.524. The van der Waals surface area contributed by atoms with Gasteiger partial charge in [-0.3, -0.25) is 0 Å². The largest absolute Gasteiger partial charge is 0.399 e. The SMILES string of the molecule is CC1(C)CC1c1ccc(N)cc1. The Labute approximate surface area is 73.6 Å². The third-order valence-electron chi connectivity index (χ3n) is 2.85. The van der Waals surface area contributed by atoms with Gasteiger partial charge in [0.2, 0.25) is 0 Å². The van der Waals surface area contributed by atoms with Crippen molar-refractivity contribution in [3.05, 3.63) is 29.8 Å². The van der Waals surface area contributed by atoms with Crippen molar-refractivity contribution in [2.75, 3.05) is 5.73 Å². The van der Waals surface area contributed by atoms with E-state index in [1.807, 2.05) is 12.1 Å². The third kappa shape index (κ3) is 1.20. The van der Waals surface area contributed by atoms with E-state index in [2.05, 4.69) is 26.0 Å². The molecule has 0 bridgehead atoms. The fourth-order valence-corrected chi connectivity index (χ4v) is 1.76. The molecule has 0 saturated heterocycles. The minimum Gasteiger partial charge on any atom is -0.399 e. The number of nitrogens with two attached hydrogens (primary N) is 1. The van der Waals surface area contributed by atoms with Gasteiger partial charge in [-0.2, -0.15) is 0 Å². The molecule has 0 radical (unpaired) electrons. The first kappa shape index (κ1) is 7.66. The predicted molar refractivity (Wildman–Crippen MR) is 52.0 cm³/mol. The standard InChI is InChI=1S/C11H15N/c1-11(2)7-10(11)8-3-5-9(12)6-4-8/h3-6,10H,7,12H2,1-2H3. The Morgan fingerprint density at radius 2 is 1.75 bits per heavy atom. The Hall–Kier alpha value is -0.980. The van der Waals surface area contributed by atoms with Crippen LogP contribution in [0.4, 0.5) is 5.69 Å². The lowest BCUT2D eigenvalue weighted by molar-refractivity contribution is 0.622. The highest BCUT2D eigenvalue weighted by Crippen LogP contribution is 2.58. The second kappa shape index (κ2) is 2.25. The summed E-state index contributed by atoms with van der Waals surface area (Å²) in [7, 11) is 0. The van der Waals surface area contributed by atoms with Crippen LogP contribution in [0.25, 0.3) is 0 Å². The molecule has 1 heteroatoms. The summed E-state index contributed by atoms with van der Waals surface area (Å²) in [5, 5.41) is 0. The number of anilines is 1. The number of hydrogen-bond donors (Lipinski definition) is 1. The third-order valence-corrected chi connectivity index (χ3v) is 2.85. The van der Waals surface area contributed by atoms with Crippen LogP contribution in [0.5, 0.6) is 0 Å². The van der Waals surface area contributed by atoms with E-state index in [1.165, 1.54) is 12.0 Å². The van der Waals surface area contributed by atoms with Crippen LogP contribution in [0, 0.1) is 5.41 Å². The van der Waals surface area contributed by atoms with Crippen molar-refractivity contribution in [2.45, 2.75) is 26.2 Å². The Balaban J connectivity index is 2.21. The number of nitrogen functional groups attached to an aromatic ring is 1. The van der Waals surface area contributed by atoms with Gasteiger partial charge < -0.3 is 5.73 Å². The molecule has 1 fully saturated rings. The maximum absolute atomic E-state index is 5.61. The average Bonchev–Trinajstić information content (AvgIpc) is 2.61. The number of benzene rings is 1. The fourth-order valence-electron chi connectivity index (χ4n) is 1.76. The summed E-state index contributed by atoms with van der Waals surface area (Å²) < 4.78 is 0. The molecular formula is C11H15N. The van der Waals surface area contributed by atoms with Crippen LogP contribution in [0.15, 0.2) is 24.3 Å². The van der Waals surface area contributed by atoms with Crippen LogP contribution in [0.3, 0.4) is 0 Å². The summed E-state index contributed by atoms with van der Waals surface area (Å²) in [6, 6.07) is 8.27. The second-order valence-electron chi connectivity index (χ2n) is 4.41. The van der Waals surface area contributed by atoms with Gasteiger partial charge in [0.05, 0.1) is 0 Å². The van der Waals surface area contributed by atoms with Gasteiger partial charge in [-0.15, -0.1) is 0 Å². The Morgan fingerprint density at radius 3 is 2.17 bits per heavy atom. The molecule has 0 amide bonds. The highest BCUT2D eigenvalue weighted by atomic mass is 14.5. The molecule has 1 aromatic rings. The summed E-state index contributed by atoms with van der Waals surface area (Å²) in [6.45, 7) is 4.63. The molecule has 1 nitrogen and oxygen atoms in total. The molecule has 0 spiro atoms. The number of rotatable bonds is 1. The van der Waals surface area contributed by atoms with E-state index in [9.17, 15) is 0 Å². The van der Waals surface area contributed by atoms with Crippen molar-refractivity contribution in [2.24, 2.45) is 5.41 Å². The molecule has 64 valence electrons. The maximum Gasteiger partial charge on any atom is 0.0314 e. The van der Waals surface area contributed by atoms with Gasteiger partial charge in [-0.05, 0) is 35.4 Å². The van der Waals surface area contributed by atoms with Gasteiger partial charge in [0.15, 0.2) is 0 Å². The van der Waals surface area contributed by atoms with Crippen molar-refractivity contribution in [3.63, 3.8) is 0 Å². The summed E-state index contributed by atoms with van der Waals surface area (Å²) >= 11 is 0. The molecular weight excluding hydrogens is 146 g/mol. The molecule has 0 aromatic heterocycles. The molecule has 2 N–H and O–H groups in total. The molecule has 1 unspecified atom stereocenters. The lowest BCUT2D eigenvalue weighted by Crippen LogP contribution is -1.90. The Morgan fingerprint density at radius 1 is 1.25 bits per heavy atom. The Bertz CT molecular complexity index is 284. The first-order valence-electron chi connectivity index (χ1n) is 4.45. The first-order chi connectivity index (χ1) is 5.59. The summed E-state index contributed by atoms with van der Waals surface area (Å²) in [5.41, 5.74) is 8.44. The lowest BCUT2D eigenvalue weighted by atomic mass is 10.0. The van der Waals surface area contributed by atoms with E-state index in [4.69, 9.17) is 5.73 Å². The molecule has 2 rings (SSSR count). The monoisotopic (exact) mass is 161 g/mol. The van der Waals surface area contributed by atoms with Gasteiger partial charge in [0, 0.05) is 5.69 Å². The highest BCUT2D eigenvalue weighted by molar-refractivity contribution is 5.42. The van der Waals surface area contributed by atoms with Crippen molar-refractivity contribution in [1.82, 2.24) is 0 Å². The van der Waals surface area contributed by atoms with Crippen LogP contribution in [0.1, 0.15) is 31.7 Å². The van der Waals surface area contributed by atoms with Crippen LogP contribution in [-0.2, 0) is 0 Å². The average molecular weight is 161 g/mol. The zero-order chi connectivity index (χ0) is 8.77. The molecule has 1 aromatic carbocycles. The zero-order valence-corrected chi connectivity index (χ0v) is 7.67. The zero-order valence-electron chi connectivity index (χ0n) is 7.67. The summed E-state index contributed by atoms with van der Waals surface area (Å²) in [5.74, 6) is 0.762. The van der Waals surface area contributed by atoms with E-state index in [0.29, 0.717) is 5.41 Å². The second-order valence-corrected chi connectivity index (χ2v) is 4.41. The minimum atomic E-state index is 0.524. The Kier molecular flexibility index (Phi) is 1.44. The van der Waals surface area contributed by atoms with E-state index < -0.39 is 0 Å². The van der Waals surface area contributed by atoms with Gasteiger partial charge >= 0.3 is 0 Å². The smallest absolute Gasteiger partial charge is 0.0314 e. The quantitative estimate of drug-likeness (QED) is 0.630. The van der Waals surface area contributed by atoms with Gasteiger partial charge in [0.1, 0.15) is 0 Å². The molecule has 1 aliphatic carbocycles. The lowest BCUT2D eigenvalue weighted by Gasteiger charge is -2.03. The summed E-state index contributed by atoms with van der Waals surface area (Å²) in [4.78, 5) is 0. The van der Waals surface area contributed by atoms with Gasteiger partial charge in [0.25, 0.3) is 0 Å². The van der Waals surface area contributed by atoms with Crippen LogP contribution >= 0.6 is 0 Å². The van der Waals surface area contributed by atoms with Crippen molar-refractivity contribution in [3.8, 4) is 0 Å². The van der Waals surface area contributed by atoms with Gasteiger partial charge in [-0.25, -0.2) is 0 Å². The highest BCUT2D eigenvalue weighted by Gasteiger charge is 2.46. The molecule has 1 saturated carbocycles. The topological polar surface area (TPSA) is 26.0 Å². The van der Waals surface area contributed by atoms with E-state index in [-0.39, 0.29) is 0 Å². The van der Waals surface area contributed by atoms with Crippen LogP contribution in [-0.4, -0.2) is 0 Å². The van der Waals surface area contributed by atoms with Crippen molar-refractivity contribution in [1.29, 1.82) is 0 Å². The fraction of sp³-hybridized carbons (Fsp3) is 0.455. The predicted octanol–water partition coefficient (Wildman–Crippen LogP) is 2.78. The molecule has 12 heavy (non-hydrogen) atoms. The first-order valence-corrected chi connectivity index (χ1v) is 4.45. The normalized spacial score (nSPS) is 25.3. The van der Waals surface area contributed by atoms with Crippen molar-refractivity contribution < 1.29 is 0 Å². The van der Waals surface area contributed by atoms with E-state index >= 15 is 0 Å². The molecule has 1 atom stereocenters. The van der Waals surface area contributed by atoms with Gasteiger partial charge in [-0.1, -0.05) is 26.0 Å². The molecule has 0 aliphatic heterocycles. The van der Waals surface area contributed by atoms with Crippen LogP contribution in [0.2, 0.25) is 0 Å².